The van der Waals surface area contributed by atoms with E-state index in [1.165, 1.54) is 11.1 Å². The van der Waals surface area contributed by atoms with Crippen molar-refractivity contribution in [3.05, 3.63) is 71.7 Å². The number of aryl methyl sites for hydroxylation is 1. The van der Waals surface area contributed by atoms with Crippen molar-refractivity contribution >= 4 is 28.6 Å². The van der Waals surface area contributed by atoms with Crippen molar-refractivity contribution in [2.75, 3.05) is 19.0 Å². The summed E-state index contributed by atoms with van der Waals surface area (Å²) in [6, 6.07) is 12.4. The highest BCUT2D eigenvalue weighted by Gasteiger charge is 2.14. The van der Waals surface area contributed by atoms with Crippen LogP contribution < -0.4 is 10.2 Å². The first-order valence-electron chi connectivity index (χ1n) is 7.88. The smallest absolute Gasteiger partial charge is 0.267 e. The van der Waals surface area contributed by atoms with Gasteiger partial charge >= 0.3 is 0 Å². The molecule has 0 spiro atoms. The van der Waals surface area contributed by atoms with Crippen LogP contribution in [0.5, 0.6) is 0 Å². The normalized spacial score (nSPS) is 9.88. The number of carbonyl (C=O) groups excluding carboxylic acids is 1. The molecule has 0 radical (unpaired) electrons. The number of amides is 1. The summed E-state index contributed by atoms with van der Waals surface area (Å²) in [5.74, 6) is -0.111. The highest BCUT2D eigenvalue weighted by molar-refractivity contribution is 7.08. The molecule has 3 aromatic rings. The van der Waals surface area contributed by atoms with Crippen LogP contribution >= 0.6 is 11.3 Å². The molecule has 0 fully saturated rings. The Balaban J connectivity index is 0.00000109. The SMILES string of the molecule is C=C.CNC(=O)c1cc(N(C)c2cccc(-c3ccsc3)c2)c(C)[nH]1. The fourth-order valence-electron chi connectivity index (χ4n) is 2.61. The lowest BCUT2D eigenvalue weighted by molar-refractivity contribution is 0.0958. The van der Waals surface area contributed by atoms with Crippen LogP contribution in [0.1, 0.15) is 16.2 Å². The average molecular weight is 353 g/mol. The third-order valence-electron chi connectivity index (χ3n) is 3.91. The second-order valence-corrected chi connectivity index (χ2v) is 6.17. The number of nitrogens with zero attached hydrogens (tertiary/aromatic N) is 1. The molecule has 0 saturated heterocycles. The molecule has 2 aromatic heterocycles. The maximum absolute atomic E-state index is 11.8. The number of hydrogen-bond acceptors (Lipinski definition) is 3. The Hall–Kier alpha value is -2.79. The molecule has 1 amide bonds. The van der Waals surface area contributed by atoms with E-state index < -0.39 is 0 Å². The number of nitrogens with one attached hydrogen (secondary N) is 2. The number of H-pyrrole nitrogens is 1. The highest BCUT2D eigenvalue weighted by Crippen LogP contribution is 2.31. The Bertz CT molecular complexity index is 837. The molecular weight excluding hydrogens is 330 g/mol. The first-order valence-corrected chi connectivity index (χ1v) is 8.82. The zero-order valence-corrected chi connectivity index (χ0v) is 15.6. The minimum Gasteiger partial charge on any atom is -0.354 e. The van der Waals surface area contributed by atoms with Gasteiger partial charge < -0.3 is 15.2 Å². The highest BCUT2D eigenvalue weighted by atomic mass is 32.1. The van der Waals surface area contributed by atoms with Crippen LogP contribution in [0.15, 0.2) is 60.3 Å². The van der Waals surface area contributed by atoms with Crippen LogP contribution in [-0.4, -0.2) is 25.0 Å². The minimum atomic E-state index is -0.111. The van der Waals surface area contributed by atoms with E-state index >= 15 is 0 Å². The lowest BCUT2D eigenvalue weighted by Gasteiger charge is -2.19. The van der Waals surface area contributed by atoms with Gasteiger partial charge in [0, 0.05) is 25.5 Å². The molecule has 3 rings (SSSR count). The second kappa shape index (κ2) is 8.35. The van der Waals surface area contributed by atoms with Gasteiger partial charge in [-0.25, -0.2) is 0 Å². The first-order chi connectivity index (χ1) is 12.1. The fourth-order valence-corrected chi connectivity index (χ4v) is 3.28. The quantitative estimate of drug-likeness (QED) is 0.650. The molecule has 0 saturated carbocycles. The molecule has 1 aromatic carbocycles. The van der Waals surface area contributed by atoms with E-state index in [1.807, 2.05) is 20.0 Å². The van der Waals surface area contributed by atoms with E-state index in [-0.39, 0.29) is 5.91 Å². The lowest BCUT2D eigenvalue weighted by atomic mass is 10.1. The predicted molar refractivity (Wildman–Crippen MR) is 108 cm³/mol. The molecule has 0 aliphatic heterocycles. The van der Waals surface area contributed by atoms with Gasteiger partial charge in [0.05, 0.1) is 5.69 Å². The van der Waals surface area contributed by atoms with Crippen molar-refractivity contribution in [2.24, 2.45) is 0 Å². The summed E-state index contributed by atoms with van der Waals surface area (Å²) in [7, 11) is 3.64. The average Bonchev–Trinajstić information content (AvgIpc) is 3.32. The molecule has 0 unspecified atom stereocenters. The molecule has 0 atom stereocenters. The van der Waals surface area contributed by atoms with Crippen LogP contribution in [-0.2, 0) is 0 Å². The van der Waals surface area contributed by atoms with Crippen LogP contribution in [0.4, 0.5) is 11.4 Å². The Morgan fingerprint density at radius 2 is 1.96 bits per heavy atom. The first kappa shape index (κ1) is 18.5. The van der Waals surface area contributed by atoms with E-state index in [9.17, 15) is 4.79 Å². The molecular formula is C20H23N3OS. The molecule has 130 valence electrons. The summed E-state index contributed by atoms with van der Waals surface area (Å²) in [6.07, 6.45) is 0. The van der Waals surface area contributed by atoms with Crippen molar-refractivity contribution in [1.29, 1.82) is 0 Å². The summed E-state index contributed by atoms with van der Waals surface area (Å²) in [4.78, 5) is 17.0. The zero-order chi connectivity index (χ0) is 18.4. The van der Waals surface area contributed by atoms with Gasteiger partial charge in [-0.15, -0.1) is 13.2 Å². The van der Waals surface area contributed by atoms with E-state index in [0.29, 0.717) is 5.69 Å². The number of anilines is 2. The predicted octanol–water partition coefficient (Wildman–Crippen LogP) is 4.98. The summed E-state index contributed by atoms with van der Waals surface area (Å²) >= 11 is 1.69. The topological polar surface area (TPSA) is 48.1 Å². The van der Waals surface area contributed by atoms with Crippen molar-refractivity contribution in [2.45, 2.75) is 6.92 Å². The zero-order valence-electron chi connectivity index (χ0n) is 14.8. The van der Waals surface area contributed by atoms with Gasteiger partial charge in [0.1, 0.15) is 5.69 Å². The third kappa shape index (κ3) is 4.00. The second-order valence-electron chi connectivity index (χ2n) is 5.39. The largest absolute Gasteiger partial charge is 0.354 e. The number of rotatable bonds is 4. The number of aromatic nitrogens is 1. The number of benzene rings is 1. The molecule has 2 N–H and O–H groups in total. The van der Waals surface area contributed by atoms with Crippen molar-refractivity contribution < 1.29 is 4.79 Å². The van der Waals surface area contributed by atoms with Gasteiger partial charge in [0.25, 0.3) is 5.91 Å². The molecule has 25 heavy (non-hydrogen) atoms. The maximum Gasteiger partial charge on any atom is 0.267 e. The maximum atomic E-state index is 11.8. The van der Waals surface area contributed by atoms with E-state index in [1.54, 1.807) is 18.4 Å². The Labute approximate surface area is 152 Å². The van der Waals surface area contributed by atoms with Crippen LogP contribution in [0.2, 0.25) is 0 Å². The summed E-state index contributed by atoms with van der Waals surface area (Å²) in [5.41, 5.74) is 6.02. The van der Waals surface area contributed by atoms with Gasteiger partial charge in [-0.3, -0.25) is 4.79 Å². The Kier molecular flexibility index (Phi) is 6.19. The van der Waals surface area contributed by atoms with Crippen LogP contribution in [0.25, 0.3) is 11.1 Å². The van der Waals surface area contributed by atoms with Gasteiger partial charge in [-0.2, -0.15) is 11.3 Å². The molecule has 2 heterocycles. The van der Waals surface area contributed by atoms with E-state index in [2.05, 4.69) is 69.5 Å². The standard InChI is InChI=1S/C18H19N3OS.C2H4/c1-12-17(10-16(20-12)18(22)19-2)21(3)15-6-4-5-13(9-15)14-7-8-23-11-14;1-2/h4-11,20H,1-3H3,(H,19,22);1-2H2. The summed E-state index contributed by atoms with van der Waals surface area (Å²) < 4.78 is 0. The fraction of sp³-hybridized carbons (Fsp3) is 0.150. The van der Waals surface area contributed by atoms with Crippen molar-refractivity contribution in [3.63, 3.8) is 0 Å². The Morgan fingerprint density at radius 1 is 1.20 bits per heavy atom. The van der Waals surface area contributed by atoms with Crippen LogP contribution in [0.3, 0.4) is 0 Å². The minimum absolute atomic E-state index is 0.111. The number of hydrogen-bond donors (Lipinski definition) is 2. The van der Waals surface area contributed by atoms with E-state index in [4.69, 9.17) is 0 Å². The molecule has 0 aliphatic rings. The van der Waals surface area contributed by atoms with Crippen molar-refractivity contribution in [1.82, 2.24) is 10.3 Å². The molecule has 5 heteroatoms. The van der Waals surface area contributed by atoms with Gasteiger partial charge in [0.15, 0.2) is 0 Å². The Morgan fingerprint density at radius 3 is 2.60 bits per heavy atom. The lowest BCUT2D eigenvalue weighted by Crippen LogP contribution is -2.18. The summed E-state index contributed by atoms with van der Waals surface area (Å²) in [6.45, 7) is 7.97. The number of carbonyl (C=O) groups is 1. The van der Waals surface area contributed by atoms with Crippen LogP contribution in [0, 0.1) is 6.92 Å². The summed E-state index contributed by atoms with van der Waals surface area (Å²) in [5, 5.41) is 6.86. The monoisotopic (exact) mass is 353 g/mol. The number of thiophene rings is 1. The van der Waals surface area contributed by atoms with Crippen molar-refractivity contribution in [3.8, 4) is 11.1 Å². The number of aromatic amines is 1. The molecule has 0 bridgehead atoms. The third-order valence-corrected chi connectivity index (χ3v) is 4.59. The molecule has 0 aliphatic carbocycles. The van der Waals surface area contributed by atoms with Gasteiger partial charge in [-0.1, -0.05) is 12.1 Å². The van der Waals surface area contributed by atoms with Gasteiger partial charge in [0.2, 0.25) is 0 Å². The molecule has 4 nitrogen and oxygen atoms in total. The van der Waals surface area contributed by atoms with Gasteiger partial charge in [-0.05, 0) is 53.1 Å². The van der Waals surface area contributed by atoms with E-state index in [0.717, 1.165) is 17.1 Å².